The van der Waals surface area contributed by atoms with E-state index in [2.05, 4.69) is 9.97 Å². The van der Waals surface area contributed by atoms with Crippen LogP contribution in [0.3, 0.4) is 0 Å². The van der Waals surface area contributed by atoms with Gasteiger partial charge in [-0.1, -0.05) is 6.92 Å². The summed E-state index contributed by atoms with van der Waals surface area (Å²) in [5, 5.41) is 0. The lowest BCUT2D eigenvalue weighted by Gasteiger charge is -2.01. The van der Waals surface area contributed by atoms with Crippen LogP contribution >= 0.6 is 11.8 Å². The molecule has 0 aromatic carbocycles. The average Bonchev–Trinajstić information content (AvgIpc) is 1.97. The normalized spacial score (nSPS) is 10.1. The smallest absolute Gasteiger partial charge is 0.229 e. The fourth-order valence-electron chi connectivity index (χ4n) is 0.741. The van der Waals surface area contributed by atoms with Gasteiger partial charge in [0.2, 0.25) is 5.95 Å². The summed E-state index contributed by atoms with van der Waals surface area (Å²) in [6.07, 6.45) is 1.24. The second kappa shape index (κ2) is 3.67. The fourth-order valence-corrected chi connectivity index (χ4v) is 1.46. The lowest BCUT2D eigenvalue weighted by Crippen LogP contribution is -1.93. The Balaban J connectivity index is 3.00. The van der Waals surface area contributed by atoms with Crippen molar-refractivity contribution in [2.45, 2.75) is 18.7 Å². The molecule has 4 heteroatoms. The molecule has 0 saturated heterocycles. The molecular weight excluding hydrogens is 163 g/mol. The molecule has 0 saturated carbocycles. The topological polar surface area (TPSA) is 25.8 Å². The zero-order valence-electron chi connectivity index (χ0n) is 6.47. The molecule has 60 valence electrons. The molecule has 0 aliphatic carbocycles. The quantitative estimate of drug-likeness (QED) is 0.504. The van der Waals surface area contributed by atoms with Crippen molar-refractivity contribution >= 4 is 11.8 Å². The first kappa shape index (κ1) is 8.46. The summed E-state index contributed by atoms with van der Waals surface area (Å²) in [4.78, 5) is 7.91. The Morgan fingerprint density at radius 1 is 1.55 bits per heavy atom. The number of hydrogen-bond donors (Lipinski definition) is 0. The van der Waals surface area contributed by atoms with Crippen molar-refractivity contribution in [3.05, 3.63) is 18.0 Å². The highest BCUT2D eigenvalue weighted by Gasteiger charge is 2.06. The second-order valence-corrected chi connectivity index (χ2v) is 3.29. The average molecular weight is 172 g/mol. The van der Waals surface area contributed by atoms with Crippen molar-refractivity contribution in [3.63, 3.8) is 0 Å². The van der Waals surface area contributed by atoms with Gasteiger partial charge < -0.3 is 0 Å². The molecule has 0 radical (unpaired) electrons. The van der Waals surface area contributed by atoms with E-state index in [4.69, 9.17) is 0 Å². The molecule has 11 heavy (non-hydrogen) atoms. The third-order valence-corrected chi connectivity index (χ3v) is 2.27. The Bertz CT molecular complexity index is 232. The highest BCUT2D eigenvalue weighted by atomic mass is 32.2. The second-order valence-electron chi connectivity index (χ2n) is 2.01. The number of aryl methyl sites for hydroxylation is 1. The number of nitrogens with zero attached hydrogens (tertiary/aromatic N) is 2. The molecule has 0 fully saturated rings. The minimum atomic E-state index is -0.413. The van der Waals surface area contributed by atoms with Crippen molar-refractivity contribution in [1.29, 1.82) is 0 Å². The molecule has 0 aliphatic heterocycles. The van der Waals surface area contributed by atoms with Crippen molar-refractivity contribution in [1.82, 2.24) is 9.97 Å². The molecule has 2 nitrogen and oxygen atoms in total. The van der Waals surface area contributed by atoms with Crippen molar-refractivity contribution in [2.75, 3.05) is 5.75 Å². The molecule has 0 amide bonds. The molecule has 1 aromatic heterocycles. The maximum Gasteiger partial charge on any atom is 0.229 e. The Morgan fingerprint density at radius 3 is 2.82 bits per heavy atom. The van der Waals surface area contributed by atoms with Gasteiger partial charge in [-0.25, -0.2) is 9.97 Å². The predicted molar refractivity (Wildman–Crippen MR) is 43.1 cm³/mol. The van der Waals surface area contributed by atoms with E-state index >= 15 is 0 Å². The lowest BCUT2D eigenvalue weighted by atomic mass is 10.4. The van der Waals surface area contributed by atoms with Gasteiger partial charge in [0.05, 0.1) is 10.6 Å². The summed E-state index contributed by atoms with van der Waals surface area (Å²) in [6.45, 7) is 3.75. The number of aromatic nitrogens is 2. The summed E-state index contributed by atoms with van der Waals surface area (Å²) in [7, 11) is 0. The van der Waals surface area contributed by atoms with E-state index in [1.165, 1.54) is 18.1 Å². The molecule has 0 unspecified atom stereocenters. The third kappa shape index (κ3) is 1.89. The summed E-state index contributed by atoms with van der Waals surface area (Å²) in [6, 6.07) is 0. The number of thioether (sulfide) groups is 1. The maximum absolute atomic E-state index is 12.9. The van der Waals surface area contributed by atoms with Crippen LogP contribution in [0, 0.1) is 12.9 Å². The highest BCUT2D eigenvalue weighted by Crippen LogP contribution is 2.21. The molecular formula is C7H9FN2S. The summed E-state index contributed by atoms with van der Waals surface area (Å²) in [5.74, 6) is 0.426. The van der Waals surface area contributed by atoms with Gasteiger partial charge in [-0.3, -0.25) is 0 Å². The first-order valence-corrected chi connectivity index (χ1v) is 4.34. The van der Waals surface area contributed by atoms with Gasteiger partial charge in [-0.05, 0) is 12.7 Å². The van der Waals surface area contributed by atoms with Gasteiger partial charge in [-0.2, -0.15) is 4.39 Å². The third-order valence-electron chi connectivity index (χ3n) is 1.23. The van der Waals surface area contributed by atoms with E-state index in [0.717, 1.165) is 5.75 Å². The van der Waals surface area contributed by atoms with Crippen LogP contribution in [0.25, 0.3) is 0 Å². The molecule has 0 atom stereocenters. The van der Waals surface area contributed by atoms with E-state index in [0.29, 0.717) is 10.6 Å². The molecule has 0 spiro atoms. The van der Waals surface area contributed by atoms with Crippen molar-refractivity contribution < 1.29 is 4.39 Å². The van der Waals surface area contributed by atoms with Gasteiger partial charge in [0.1, 0.15) is 6.33 Å². The number of halogens is 1. The Labute approximate surface area is 69.3 Å². The molecule has 0 bridgehead atoms. The monoisotopic (exact) mass is 172 g/mol. The van der Waals surface area contributed by atoms with Gasteiger partial charge >= 0.3 is 0 Å². The number of rotatable bonds is 2. The largest absolute Gasteiger partial charge is 0.240 e. The van der Waals surface area contributed by atoms with E-state index in [9.17, 15) is 4.39 Å². The van der Waals surface area contributed by atoms with Crippen LogP contribution in [0.15, 0.2) is 11.2 Å². The Kier molecular flexibility index (Phi) is 2.82. The first-order valence-electron chi connectivity index (χ1n) is 3.35. The predicted octanol–water partition coefficient (Wildman–Crippen LogP) is 2.04. The molecule has 1 heterocycles. The fraction of sp³-hybridized carbons (Fsp3) is 0.429. The van der Waals surface area contributed by atoms with Crippen LogP contribution in [-0.4, -0.2) is 15.7 Å². The molecule has 0 N–H and O–H groups in total. The van der Waals surface area contributed by atoms with Crippen LogP contribution in [-0.2, 0) is 0 Å². The Hall–Kier alpha value is -0.640. The van der Waals surface area contributed by atoms with Gasteiger partial charge in [0, 0.05) is 0 Å². The van der Waals surface area contributed by atoms with Crippen molar-refractivity contribution in [2.24, 2.45) is 0 Å². The summed E-state index contributed by atoms with van der Waals surface area (Å²) < 4.78 is 12.9. The standard InChI is InChI=1S/C7H9FN2S/c1-3-11-6-5(2)9-4-10-7(6)8/h4H,3H2,1-2H3. The van der Waals surface area contributed by atoms with Crippen LogP contribution in [0.5, 0.6) is 0 Å². The van der Waals surface area contributed by atoms with Gasteiger partial charge in [0.25, 0.3) is 0 Å². The molecule has 1 rings (SSSR count). The minimum absolute atomic E-state index is 0.413. The van der Waals surface area contributed by atoms with E-state index in [1.807, 2.05) is 6.92 Å². The minimum Gasteiger partial charge on any atom is -0.240 e. The first-order chi connectivity index (χ1) is 5.25. The summed E-state index contributed by atoms with van der Waals surface area (Å²) >= 11 is 1.43. The maximum atomic E-state index is 12.9. The zero-order chi connectivity index (χ0) is 8.27. The van der Waals surface area contributed by atoms with Gasteiger partial charge in [-0.15, -0.1) is 11.8 Å². The Morgan fingerprint density at radius 2 is 2.27 bits per heavy atom. The molecule has 1 aromatic rings. The van der Waals surface area contributed by atoms with Crippen molar-refractivity contribution in [3.8, 4) is 0 Å². The van der Waals surface area contributed by atoms with Gasteiger partial charge in [0.15, 0.2) is 0 Å². The zero-order valence-corrected chi connectivity index (χ0v) is 7.28. The van der Waals surface area contributed by atoms with Crippen LogP contribution in [0.4, 0.5) is 4.39 Å². The lowest BCUT2D eigenvalue weighted by molar-refractivity contribution is 0.547. The molecule has 0 aliphatic rings. The SMILES string of the molecule is CCSc1c(C)ncnc1F. The van der Waals surface area contributed by atoms with Crippen LogP contribution in [0.1, 0.15) is 12.6 Å². The number of hydrogen-bond acceptors (Lipinski definition) is 3. The van der Waals surface area contributed by atoms with E-state index < -0.39 is 5.95 Å². The van der Waals surface area contributed by atoms with Crippen LogP contribution < -0.4 is 0 Å². The highest BCUT2D eigenvalue weighted by molar-refractivity contribution is 7.99. The van der Waals surface area contributed by atoms with Crippen LogP contribution in [0.2, 0.25) is 0 Å². The van der Waals surface area contributed by atoms with E-state index in [1.54, 1.807) is 6.92 Å². The van der Waals surface area contributed by atoms with E-state index in [-0.39, 0.29) is 0 Å². The summed E-state index contributed by atoms with van der Waals surface area (Å²) in [5.41, 5.74) is 0.712.